The summed E-state index contributed by atoms with van der Waals surface area (Å²) in [5.74, 6) is 0.444. The van der Waals surface area contributed by atoms with E-state index >= 15 is 0 Å². The summed E-state index contributed by atoms with van der Waals surface area (Å²) in [6, 6.07) is 23.2. The molecular formula is C27H26ClN3O2. The average molecular weight is 460 g/mol. The molecule has 0 saturated carbocycles. The number of hydrogen-bond donors (Lipinski definition) is 1. The van der Waals surface area contributed by atoms with Crippen LogP contribution in [0.15, 0.2) is 72.8 Å². The van der Waals surface area contributed by atoms with Crippen molar-refractivity contribution in [1.82, 2.24) is 9.78 Å². The summed E-state index contributed by atoms with van der Waals surface area (Å²) in [4.78, 5) is 13.0. The molecule has 0 radical (unpaired) electrons. The number of aryl methyl sites for hydroxylation is 2. The quantitative estimate of drug-likeness (QED) is 0.350. The Balaban J connectivity index is 1.46. The van der Waals surface area contributed by atoms with Gasteiger partial charge in [0.25, 0.3) is 5.91 Å². The van der Waals surface area contributed by atoms with E-state index in [1.54, 1.807) is 6.07 Å². The van der Waals surface area contributed by atoms with Crippen molar-refractivity contribution in [3.63, 3.8) is 0 Å². The van der Waals surface area contributed by atoms with Gasteiger partial charge in [-0.25, -0.2) is 0 Å². The fourth-order valence-electron chi connectivity index (χ4n) is 3.66. The summed E-state index contributed by atoms with van der Waals surface area (Å²) < 4.78 is 7.79. The van der Waals surface area contributed by atoms with E-state index in [2.05, 4.69) is 22.5 Å². The Morgan fingerprint density at radius 3 is 2.52 bits per heavy atom. The smallest absolute Gasteiger partial charge is 0.255 e. The molecule has 3 aromatic carbocycles. The second-order valence-electron chi connectivity index (χ2n) is 8.07. The van der Waals surface area contributed by atoms with Crippen LogP contribution in [0.5, 0.6) is 5.75 Å². The molecule has 4 aromatic rings. The van der Waals surface area contributed by atoms with Crippen molar-refractivity contribution in [3.05, 3.63) is 111 Å². The molecule has 1 heterocycles. The van der Waals surface area contributed by atoms with Crippen LogP contribution in [0.25, 0.3) is 0 Å². The molecule has 0 bridgehead atoms. The third-order valence-electron chi connectivity index (χ3n) is 5.47. The fraction of sp³-hybridized carbons (Fsp3) is 0.185. The standard InChI is InChI=1S/C27H26ClN3O2/c1-18-12-13-24(28)25(14-18)33-17-22-10-7-11-23(15-22)27(32)29-26-19(2)30-31(20(26)3)16-21-8-5-4-6-9-21/h4-15H,16-17H2,1-3H3,(H,29,32). The molecule has 1 N–H and O–H groups in total. The number of nitrogens with one attached hydrogen (secondary N) is 1. The number of rotatable bonds is 7. The number of ether oxygens (including phenoxy) is 1. The van der Waals surface area contributed by atoms with Gasteiger partial charge in [0.1, 0.15) is 12.4 Å². The number of carbonyl (C=O) groups is 1. The van der Waals surface area contributed by atoms with Gasteiger partial charge in [0.15, 0.2) is 0 Å². The average Bonchev–Trinajstić information content (AvgIpc) is 3.07. The maximum Gasteiger partial charge on any atom is 0.255 e. The van der Waals surface area contributed by atoms with Crippen LogP contribution in [0, 0.1) is 20.8 Å². The molecule has 0 fully saturated rings. The van der Waals surface area contributed by atoms with Crippen molar-refractivity contribution in [2.45, 2.75) is 33.9 Å². The van der Waals surface area contributed by atoms with E-state index in [1.807, 2.05) is 80.1 Å². The molecule has 6 heteroatoms. The Kier molecular flexibility index (Phi) is 6.80. The summed E-state index contributed by atoms with van der Waals surface area (Å²) in [6.45, 7) is 6.82. The minimum atomic E-state index is -0.184. The number of anilines is 1. The maximum absolute atomic E-state index is 13.0. The van der Waals surface area contributed by atoms with Crippen molar-refractivity contribution in [3.8, 4) is 5.75 Å². The zero-order valence-corrected chi connectivity index (χ0v) is 19.7. The molecule has 0 atom stereocenters. The molecule has 4 rings (SSSR count). The summed E-state index contributed by atoms with van der Waals surface area (Å²) in [7, 11) is 0. The minimum Gasteiger partial charge on any atom is -0.487 e. The molecule has 1 aromatic heterocycles. The van der Waals surface area contributed by atoms with Gasteiger partial charge in [-0.15, -0.1) is 0 Å². The second kappa shape index (κ2) is 9.92. The van der Waals surface area contributed by atoms with Crippen molar-refractivity contribution in [1.29, 1.82) is 0 Å². The lowest BCUT2D eigenvalue weighted by molar-refractivity contribution is 0.102. The fourth-order valence-corrected chi connectivity index (χ4v) is 3.83. The van der Waals surface area contributed by atoms with Crippen molar-refractivity contribution < 1.29 is 9.53 Å². The molecule has 168 valence electrons. The first-order valence-electron chi connectivity index (χ1n) is 10.8. The predicted molar refractivity (Wildman–Crippen MR) is 132 cm³/mol. The number of hydrogen-bond acceptors (Lipinski definition) is 3. The van der Waals surface area contributed by atoms with Crippen LogP contribution >= 0.6 is 11.6 Å². The van der Waals surface area contributed by atoms with Gasteiger partial charge >= 0.3 is 0 Å². The van der Waals surface area contributed by atoms with E-state index in [0.717, 1.165) is 33.8 Å². The number of nitrogens with zero attached hydrogens (tertiary/aromatic N) is 2. The topological polar surface area (TPSA) is 56.1 Å². The van der Waals surface area contributed by atoms with Crippen molar-refractivity contribution in [2.24, 2.45) is 0 Å². The summed E-state index contributed by atoms with van der Waals surface area (Å²) in [5, 5.41) is 8.21. The van der Waals surface area contributed by atoms with Crippen LogP contribution in [0.1, 0.15) is 38.4 Å². The highest BCUT2D eigenvalue weighted by Gasteiger charge is 2.16. The first-order chi connectivity index (χ1) is 15.9. The van der Waals surface area contributed by atoms with Crippen LogP contribution in [0.3, 0.4) is 0 Å². The van der Waals surface area contributed by atoms with Gasteiger partial charge in [-0.05, 0) is 61.7 Å². The highest BCUT2D eigenvalue weighted by Crippen LogP contribution is 2.26. The SMILES string of the molecule is Cc1ccc(Cl)c(OCc2cccc(C(=O)Nc3c(C)nn(Cc4ccccc4)c3C)c2)c1. The Bertz CT molecular complexity index is 1280. The summed E-state index contributed by atoms with van der Waals surface area (Å²) >= 11 is 6.22. The molecular weight excluding hydrogens is 434 g/mol. The Morgan fingerprint density at radius 2 is 1.73 bits per heavy atom. The zero-order chi connectivity index (χ0) is 23.4. The molecule has 1 amide bonds. The van der Waals surface area contributed by atoms with Crippen LogP contribution in [0.4, 0.5) is 5.69 Å². The highest BCUT2D eigenvalue weighted by molar-refractivity contribution is 6.32. The monoisotopic (exact) mass is 459 g/mol. The molecule has 5 nitrogen and oxygen atoms in total. The van der Waals surface area contributed by atoms with Crippen LogP contribution in [0.2, 0.25) is 5.02 Å². The summed E-state index contributed by atoms with van der Waals surface area (Å²) in [5.41, 5.74) is 6.10. The molecule has 0 aliphatic rings. The van der Waals surface area contributed by atoms with Gasteiger partial charge < -0.3 is 10.1 Å². The van der Waals surface area contributed by atoms with E-state index in [9.17, 15) is 4.79 Å². The van der Waals surface area contributed by atoms with E-state index < -0.39 is 0 Å². The predicted octanol–water partition coefficient (Wildman–Crippen LogP) is 6.34. The second-order valence-corrected chi connectivity index (χ2v) is 8.47. The lowest BCUT2D eigenvalue weighted by Crippen LogP contribution is -2.14. The highest BCUT2D eigenvalue weighted by atomic mass is 35.5. The largest absolute Gasteiger partial charge is 0.487 e. The minimum absolute atomic E-state index is 0.184. The first-order valence-corrected chi connectivity index (χ1v) is 11.2. The third-order valence-corrected chi connectivity index (χ3v) is 5.78. The van der Waals surface area contributed by atoms with Gasteiger partial charge in [0.2, 0.25) is 0 Å². The van der Waals surface area contributed by atoms with E-state index in [-0.39, 0.29) is 5.91 Å². The lowest BCUT2D eigenvalue weighted by Gasteiger charge is -2.11. The van der Waals surface area contributed by atoms with E-state index in [0.29, 0.717) is 29.5 Å². The van der Waals surface area contributed by atoms with Crippen molar-refractivity contribution in [2.75, 3.05) is 5.32 Å². The van der Waals surface area contributed by atoms with Crippen LogP contribution in [-0.2, 0) is 13.2 Å². The van der Waals surface area contributed by atoms with E-state index in [1.165, 1.54) is 0 Å². The maximum atomic E-state index is 13.0. The molecule has 0 unspecified atom stereocenters. The van der Waals surface area contributed by atoms with Gasteiger partial charge in [-0.3, -0.25) is 9.48 Å². The first kappa shape index (κ1) is 22.6. The molecule has 0 saturated heterocycles. The van der Waals surface area contributed by atoms with Gasteiger partial charge in [-0.2, -0.15) is 5.10 Å². The Morgan fingerprint density at radius 1 is 0.970 bits per heavy atom. The lowest BCUT2D eigenvalue weighted by atomic mass is 10.1. The van der Waals surface area contributed by atoms with Crippen LogP contribution in [-0.4, -0.2) is 15.7 Å². The van der Waals surface area contributed by atoms with Gasteiger partial charge in [0.05, 0.1) is 28.6 Å². The Hall–Kier alpha value is -3.57. The number of benzene rings is 3. The van der Waals surface area contributed by atoms with Gasteiger partial charge in [-0.1, -0.05) is 60.1 Å². The zero-order valence-electron chi connectivity index (χ0n) is 18.9. The number of halogens is 1. The number of amides is 1. The summed E-state index contributed by atoms with van der Waals surface area (Å²) in [6.07, 6.45) is 0. The van der Waals surface area contributed by atoms with Gasteiger partial charge in [0, 0.05) is 5.56 Å². The molecule has 33 heavy (non-hydrogen) atoms. The molecule has 0 spiro atoms. The molecule has 0 aliphatic carbocycles. The molecule has 0 aliphatic heterocycles. The Labute approximate surface area is 199 Å². The number of carbonyl (C=O) groups excluding carboxylic acids is 1. The van der Waals surface area contributed by atoms with Crippen molar-refractivity contribution >= 4 is 23.2 Å². The van der Waals surface area contributed by atoms with Crippen LogP contribution < -0.4 is 10.1 Å². The third kappa shape index (κ3) is 5.44. The number of aromatic nitrogens is 2. The normalized spacial score (nSPS) is 10.8. The van der Waals surface area contributed by atoms with E-state index in [4.69, 9.17) is 16.3 Å².